The van der Waals surface area contributed by atoms with E-state index in [0.29, 0.717) is 41.7 Å². The number of unbranched alkanes of at least 4 members (excludes halogenated alkanes) is 2. The van der Waals surface area contributed by atoms with Crippen LogP contribution in [0.15, 0.2) is 42.0 Å². The molecule has 2 aromatic rings. The SMILES string of the molecule is C=C(/C=C\N=C(C)c1cc(Cl)c(C)c(OCC)c1)c1cc2n(n1)CCNC2=O.CCCCC. The van der Waals surface area contributed by atoms with Gasteiger partial charge in [0, 0.05) is 34.6 Å². The number of fused-ring (bicyclic) bond motifs is 1. The number of hydrogen-bond acceptors (Lipinski definition) is 4. The summed E-state index contributed by atoms with van der Waals surface area (Å²) in [6, 6.07) is 5.56. The van der Waals surface area contributed by atoms with Crippen LogP contribution in [0.3, 0.4) is 0 Å². The second-order valence-electron chi connectivity index (χ2n) is 7.82. The fourth-order valence-corrected chi connectivity index (χ4v) is 3.42. The fraction of sp³-hybridized carbons (Fsp3) is 0.423. The minimum absolute atomic E-state index is 0.114. The highest BCUT2D eigenvalue weighted by atomic mass is 35.5. The first kappa shape index (κ1) is 26.4. The molecule has 1 amide bonds. The number of carbonyl (C=O) groups is 1. The lowest BCUT2D eigenvalue weighted by Gasteiger charge is -2.13. The van der Waals surface area contributed by atoms with Crippen molar-refractivity contribution in [3.05, 3.63) is 64.6 Å². The van der Waals surface area contributed by atoms with Gasteiger partial charge in [-0.1, -0.05) is 51.3 Å². The smallest absolute Gasteiger partial charge is 0.269 e. The summed E-state index contributed by atoms with van der Waals surface area (Å²) in [5.74, 6) is 0.645. The molecule has 0 fully saturated rings. The van der Waals surface area contributed by atoms with Gasteiger partial charge >= 0.3 is 0 Å². The molecule has 178 valence electrons. The van der Waals surface area contributed by atoms with Crippen molar-refractivity contribution in [2.24, 2.45) is 4.99 Å². The van der Waals surface area contributed by atoms with Crippen LogP contribution in [-0.2, 0) is 6.54 Å². The molecule has 0 radical (unpaired) electrons. The van der Waals surface area contributed by atoms with Gasteiger partial charge in [-0.2, -0.15) is 5.10 Å². The van der Waals surface area contributed by atoms with Crippen molar-refractivity contribution in [1.29, 1.82) is 0 Å². The minimum atomic E-state index is -0.114. The molecule has 7 heteroatoms. The fourth-order valence-electron chi connectivity index (χ4n) is 3.21. The number of halogens is 1. The first-order valence-corrected chi connectivity index (χ1v) is 11.9. The van der Waals surface area contributed by atoms with Crippen molar-refractivity contribution in [1.82, 2.24) is 15.1 Å². The normalized spacial score (nSPS) is 13.3. The van der Waals surface area contributed by atoms with E-state index in [4.69, 9.17) is 16.3 Å². The molecule has 2 heterocycles. The number of amides is 1. The second-order valence-corrected chi connectivity index (χ2v) is 8.22. The van der Waals surface area contributed by atoms with E-state index in [1.165, 1.54) is 19.3 Å². The Kier molecular flexibility index (Phi) is 10.4. The maximum Gasteiger partial charge on any atom is 0.269 e. The van der Waals surface area contributed by atoms with E-state index < -0.39 is 0 Å². The van der Waals surface area contributed by atoms with Gasteiger partial charge in [-0.3, -0.25) is 14.5 Å². The second kappa shape index (κ2) is 13.0. The van der Waals surface area contributed by atoms with Gasteiger partial charge in [0.1, 0.15) is 11.4 Å². The Labute approximate surface area is 202 Å². The molecule has 0 spiro atoms. The third kappa shape index (κ3) is 7.32. The predicted molar refractivity (Wildman–Crippen MR) is 138 cm³/mol. The largest absolute Gasteiger partial charge is 0.494 e. The predicted octanol–water partition coefficient (Wildman–Crippen LogP) is 6.22. The van der Waals surface area contributed by atoms with E-state index in [9.17, 15) is 4.79 Å². The Morgan fingerprint density at radius 2 is 2.03 bits per heavy atom. The van der Waals surface area contributed by atoms with Gasteiger partial charge in [-0.25, -0.2) is 0 Å². The number of allylic oxidation sites excluding steroid dienone is 2. The molecule has 1 aliphatic heterocycles. The summed E-state index contributed by atoms with van der Waals surface area (Å²) in [5.41, 5.74) is 4.50. The molecule has 0 aliphatic carbocycles. The number of aliphatic imine (C=N–C) groups is 1. The molecule has 1 aromatic heterocycles. The number of nitrogens with one attached hydrogen (secondary N) is 1. The third-order valence-corrected chi connectivity index (χ3v) is 5.61. The molecule has 0 unspecified atom stereocenters. The maximum atomic E-state index is 11.8. The highest BCUT2D eigenvalue weighted by Gasteiger charge is 2.19. The van der Waals surface area contributed by atoms with Crippen LogP contribution in [0.25, 0.3) is 5.57 Å². The van der Waals surface area contributed by atoms with Crippen molar-refractivity contribution in [3.63, 3.8) is 0 Å². The Hall–Kier alpha value is -2.86. The molecule has 1 aromatic carbocycles. The zero-order valence-electron chi connectivity index (χ0n) is 20.4. The summed E-state index contributed by atoms with van der Waals surface area (Å²) in [6.07, 6.45) is 7.52. The van der Waals surface area contributed by atoms with E-state index in [2.05, 4.69) is 35.8 Å². The molecule has 0 atom stereocenters. The number of carbonyl (C=O) groups excluding carboxylic acids is 1. The van der Waals surface area contributed by atoms with Crippen LogP contribution in [0.5, 0.6) is 5.75 Å². The lowest BCUT2D eigenvalue weighted by Crippen LogP contribution is -2.35. The van der Waals surface area contributed by atoms with Crippen LogP contribution in [0.4, 0.5) is 0 Å². The maximum absolute atomic E-state index is 11.8. The average molecular weight is 471 g/mol. The first-order chi connectivity index (χ1) is 15.8. The number of hydrogen-bond donors (Lipinski definition) is 1. The van der Waals surface area contributed by atoms with Crippen molar-refractivity contribution in [3.8, 4) is 5.75 Å². The molecule has 33 heavy (non-hydrogen) atoms. The number of ether oxygens (including phenoxy) is 1. The Morgan fingerprint density at radius 1 is 1.30 bits per heavy atom. The number of nitrogens with zero attached hydrogens (tertiary/aromatic N) is 3. The molecule has 0 saturated carbocycles. The molecular formula is C26H35ClN4O2. The van der Waals surface area contributed by atoms with Crippen LogP contribution in [0.2, 0.25) is 5.02 Å². The van der Waals surface area contributed by atoms with Gasteiger partial charge in [0.2, 0.25) is 0 Å². The summed E-state index contributed by atoms with van der Waals surface area (Å²) >= 11 is 6.31. The lowest BCUT2D eigenvalue weighted by molar-refractivity contribution is 0.0924. The van der Waals surface area contributed by atoms with E-state index in [0.717, 1.165) is 22.6 Å². The van der Waals surface area contributed by atoms with Crippen molar-refractivity contribution in [2.75, 3.05) is 13.2 Å². The van der Waals surface area contributed by atoms with Crippen LogP contribution in [0.1, 0.15) is 74.3 Å². The summed E-state index contributed by atoms with van der Waals surface area (Å²) in [6.45, 7) is 16.0. The molecule has 0 bridgehead atoms. The topological polar surface area (TPSA) is 68.5 Å². The van der Waals surface area contributed by atoms with E-state index in [1.54, 1.807) is 23.0 Å². The zero-order chi connectivity index (χ0) is 24.4. The van der Waals surface area contributed by atoms with Gasteiger partial charge in [0.25, 0.3) is 5.91 Å². The summed E-state index contributed by atoms with van der Waals surface area (Å²) < 4.78 is 7.34. The average Bonchev–Trinajstić information content (AvgIpc) is 3.24. The summed E-state index contributed by atoms with van der Waals surface area (Å²) in [7, 11) is 0. The van der Waals surface area contributed by atoms with Gasteiger partial charge in [0.05, 0.1) is 18.8 Å². The molecule has 3 rings (SSSR count). The van der Waals surface area contributed by atoms with Crippen molar-refractivity contribution < 1.29 is 9.53 Å². The van der Waals surface area contributed by atoms with Gasteiger partial charge < -0.3 is 10.1 Å². The third-order valence-electron chi connectivity index (χ3n) is 5.22. The van der Waals surface area contributed by atoms with Crippen LogP contribution >= 0.6 is 11.6 Å². The number of aromatic nitrogens is 2. The molecule has 6 nitrogen and oxygen atoms in total. The van der Waals surface area contributed by atoms with Gasteiger partial charge in [0.15, 0.2) is 0 Å². The van der Waals surface area contributed by atoms with Gasteiger partial charge in [-0.15, -0.1) is 0 Å². The Morgan fingerprint density at radius 3 is 2.64 bits per heavy atom. The molecular weight excluding hydrogens is 436 g/mol. The molecule has 0 saturated heterocycles. The minimum Gasteiger partial charge on any atom is -0.494 e. The van der Waals surface area contributed by atoms with Gasteiger partial charge in [-0.05, 0) is 50.6 Å². The molecule has 1 N–H and O–H groups in total. The van der Waals surface area contributed by atoms with Crippen LogP contribution in [-0.4, -0.2) is 34.6 Å². The zero-order valence-corrected chi connectivity index (χ0v) is 21.1. The van der Waals surface area contributed by atoms with Crippen molar-refractivity contribution in [2.45, 2.75) is 60.4 Å². The highest BCUT2D eigenvalue weighted by molar-refractivity contribution is 6.32. The van der Waals surface area contributed by atoms with E-state index >= 15 is 0 Å². The van der Waals surface area contributed by atoms with Crippen molar-refractivity contribution >= 4 is 28.8 Å². The number of rotatable bonds is 8. The number of benzene rings is 1. The first-order valence-electron chi connectivity index (χ1n) is 11.5. The summed E-state index contributed by atoms with van der Waals surface area (Å²) in [5, 5.41) is 7.88. The van der Waals surface area contributed by atoms with Crippen LogP contribution < -0.4 is 10.1 Å². The molecule has 1 aliphatic rings. The monoisotopic (exact) mass is 470 g/mol. The standard InChI is InChI=1S/C21H23ClN4O2.C5H12/c1-5-28-20-11-16(10-17(22)14(20)3)15(4)23-7-6-13(2)18-12-19-21(27)24-8-9-26(19)25-18;1-3-5-4-2/h6-7,10-12H,2,5,8-9H2,1,3-4H3,(H,24,27);3-5H2,1-2H3/b7-6-,23-15?;. The van der Waals surface area contributed by atoms with E-state index in [-0.39, 0.29) is 5.91 Å². The van der Waals surface area contributed by atoms with Crippen LogP contribution in [0, 0.1) is 6.92 Å². The summed E-state index contributed by atoms with van der Waals surface area (Å²) in [4.78, 5) is 16.3. The quantitative estimate of drug-likeness (QED) is 0.367. The highest BCUT2D eigenvalue weighted by Crippen LogP contribution is 2.28. The van der Waals surface area contributed by atoms with E-state index in [1.807, 2.05) is 32.9 Å². The Bertz CT molecular complexity index is 1040. The lowest BCUT2D eigenvalue weighted by atomic mass is 10.1. The Balaban J connectivity index is 0.000000696.